The Balaban J connectivity index is 2.36. The summed E-state index contributed by atoms with van der Waals surface area (Å²) >= 11 is 3.74. The van der Waals surface area contributed by atoms with Crippen LogP contribution in [0.1, 0.15) is 38.1 Å². The molecule has 1 aromatic carbocycles. The molecule has 0 aliphatic heterocycles. The van der Waals surface area contributed by atoms with E-state index < -0.39 is 0 Å². The van der Waals surface area contributed by atoms with Crippen LogP contribution in [0.3, 0.4) is 0 Å². The van der Waals surface area contributed by atoms with Crippen LogP contribution >= 0.6 is 15.9 Å². The molecular weight excluding hydrogens is 295 g/mol. The summed E-state index contributed by atoms with van der Waals surface area (Å²) in [6.07, 6.45) is 0. The van der Waals surface area contributed by atoms with Gasteiger partial charge in [0, 0.05) is 10.4 Å². The predicted octanol–water partition coefficient (Wildman–Crippen LogP) is 4.95. The maximum Gasteiger partial charge on any atom is 0.123 e. The molecule has 1 nitrogen and oxygen atoms in total. The molecule has 18 heavy (non-hydrogen) atoms. The van der Waals surface area contributed by atoms with E-state index in [0.717, 1.165) is 11.3 Å². The average molecular weight is 315 g/mol. The molecule has 1 fully saturated rings. The molecule has 1 aromatic rings. The van der Waals surface area contributed by atoms with Gasteiger partial charge in [-0.3, -0.25) is 0 Å². The lowest BCUT2D eigenvalue weighted by atomic mass is 10.0. The van der Waals surface area contributed by atoms with Crippen molar-refractivity contribution in [3.05, 3.63) is 29.6 Å². The largest absolute Gasteiger partial charge is 0.496 e. The molecular formula is C15H20BrFO. The Morgan fingerprint density at radius 1 is 1.22 bits per heavy atom. The molecule has 2 rings (SSSR count). The van der Waals surface area contributed by atoms with Gasteiger partial charge in [-0.1, -0.05) is 43.6 Å². The smallest absolute Gasteiger partial charge is 0.123 e. The van der Waals surface area contributed by atoms with E-state index in [-0.39, 0.29) is 21.5 Å². The van der Waals surface area contributed by atoms with Crippen LogP contribution in [0.2, 0.25) is 0 Å². The third-order valence-corrected chi connectivity index (χ3v) is 5.94. The fourth-order valence-corrected chi connectivity index (χ4v) is 4.76. The van der Waals surface area contributed by atoms with Gasteiger partial charge in [-0.05, 0) is 34.9 Å². The molecule has 0 N–H and O–H groups in total. The summed E-state index contributed by atoms with van der Waals surface area (Å²) < 4.78 is 18.8. The third kappa shape index (κ3) is 1.87. The van der Waals surface area contributed by atoms with Gasteiger partial charge in [-0.25, -0.2) is 4.39 Å². The van der Waals surface area contributed by atoms with Crippen molar-refractivity contribution in [1.82, 2.24) is 0 Å². The average Bonchev–Trinajstić information content (AvgIpc) is 2.68. The lowest BCUT2D eigenvalue weighted by molar-refractivity contribution is 0.405. The quantitative estimate of drug-likeness (QED) is 0.717. The van der Waals surface area contributed by atoms with Crippen molar-refractivity contribution >= 4 is 15.9 Å². The highest BCUT2D eigenvalue weighted by atomic mass is 79.9. The Kier molecular flexibility index (Phi) is 3.25. The van der Waals surface area contributed by atoms with E-state index in [4.69, 9.17) is 4.74 Å². The van der Waals surface area contributed by atoms with Crippen LogP contribution in [0.15, 0.2) is 18.2 Å². The van der Waals surface area contributed by atoms with Crippen molar-refractivity contribution in [2.45, 2.75) is 32.5 Å². The fourth-order valence-electron chi connectivity index (χ4n) is 3.08. The number of halogens is 2. The Morgan fingerprint density at radius 3 is 2.22 bits per heavy atom. The molecule has 0 spiro atoms. The minimum absolute atomic E-state index is 0.119. The summed E-state index contributed by atoms with van der Waals surface area (Å²) in [4.78, 5) is 0.119. The van der Waals surface area contributed by atoms with Crippen LogP contribution < -0.4 is 4.74 Å². The minimum Gasteiger partial charge on any atom is -0.496 e. The molecule has 1 unspecified atom stereocenters. The van der Waals surface area contributed by atoms with Gasteiger partial charge < -0.3 is 4.74 Å². The first-order valence-electron chi connectivity index (χ1n) is 6.21. The SMILES string of the molecule is COc1ccc(F)cc1C(Br)C1C(C)(C)C1(C)C. The molecule has 1 aliphatic carbocycles. The van der Waals surface area contributed by atoms with Crippen LogP contribution in [0.5, 0.6) is 5.75 Å². The zero-order valence-corrected chi connectivity index (χ0v) is 13.1. The Hall–Kier alpha value is -0.570. The normalized spacial score (nSPS) is 22.6. The van der Waals surface area contributed by atoms with Gasteiger partial charge in [0.05, 0.1) is 7.11 Å². The molecule has 0 heterocycles. The first-order valence-corrected chi connectivity index (χ1v) is 7.12. The van der Waals surface area contributed by atoms with E-state index in [9.17, 15) is 4.39 Å². The molecule has 100 valence electrons. The zero-order chi connectivity index (χ0) is 13.7. The van der Waals surface area contributed by atoms with Gasteiger partial charge in [0.2, 0.25) is 0 Å². The summed E-state index contributed by atoms with van der Waals surface area (Å²) in [5.41, 5.74) is 1.40. The van der Waals surface area contributed by atoms with Gasteiger partial charge in [0.1, 0.15) is 11.6 Å². The number of methoxy groups -OCH3 is 1. The van der Waals surface area contributed by atoms with Crippen LogP contribution in [-0.2, 0) is 0 Å². The van der Waals surface area contributed by atoms with Gasteiger partial charge >= 0.3 is 0 Å². The summed E-state index contributed by atoms with van der Waals surface area (Å²) in [6.45, 7) is 9.05. The van der Waals surface area contributed by atoms with Crippen molar-refractivity contribution in [2.75, 3.05) is 7.11 Å². The van der Waals surface area contributed by atoms with Crippen molar-refractivity contribution in [3.63, 3.8) is 0 Å². The molecule has 1 aliphatic rings. The summed E-state index contributed by atoms with van der Waals surface area (Å²) in [7, 11) is 1.62. The monoisotopic (exact) mass is 314 g/mol. The van der Waals surface area contributed by atoms with E-state index in [0.29, 0.717) is 5.92 Å². The van der Waals surface area contributed by atoms with E-state index in [1.54, 1.807) is 19.2 Å². The molecule has 1 atom stereocenters. The molecule has 1 saturated carbocycles. The molecule has 0 bridgehead atoms. The standard InChI is InChI=1S/C15H20BrFO/c1-14(2)13(15(14,3)4)12(16)10-8-9(17)6-7-11(10)18-5/h6-8,12-13H,1-5H3. The van der Waals surface area contributed by atoms with Crippen molar-refractivity contribution in [1.29, 1.82) is 0 Å². The summed E-state index contributed by atoms with van der Waals surface area (Å²) in [5, 5.41) is 0. The summed E-state index contributed by atoms with van der Waals surface area (Å²) in [6, 6.07) is 4.70. The van der Waals surface area contributed by atoms with Crippen LogP contribution in [-0.4, -0.2) is 7.11 Å². The van der Waals surface area contributed by atoms with Crippen molar-refractivity contribution in [2.24, 2.45) is 16.7 Å². The molecule has 0 radical (unpaired) electrons. The fraction of sp³-hybridized carbons (Fsp3) is 0.600. The highest BCUT2D eigenvalue weighted by Gasteiger charge is 2.67. The summed E-state index contributed by atoms with van der Waals surface area (Å²) in [5.74, 6) is 1.00. The van der Waals surface area contributed by atoms with E-state index in [2.05, 4.69) is 43.6 Å². The second-order valence-electron chi connectivity index (χ2n) is 6.21. The highest BCUT2D eigenvalue weighted by molar-refractivity contribution is 9.09. The maximum atomic E-state index is 13.4. The van der Waals surface area contributed by atoms with E-state index in [1.165, 1.54) is 6.07 Å². The topological polar surface area (TPSA) is 9.23 Å². The van der Waals surface area contributed by atoms with Crippen LogP contribution in [0.4, 0.5) is 4.39 Å². The molecule has 0 amide bonds. The molecule has 0 saturated heterocycles. The van der Waals surface area contributed by atoms with Crippen LogP contribution in [0, 0.1) is 22.6 Å². The van der Waals surface area contributed by atoms with Gasteiger partial charge in [0.15, 0.2) is 0 Å². The first kappa shape index (κ1) is 13.9. The Bertz CT molecular complexity index is 454. The number of benzene rings is 1. The first-order chi connectivity index (χ1) is 8.23. The predicted molar refractivity (Wildman–Crippen MR) is 75.7 cm³/mol. The van der Waals surface area contributed by atoms with Crippen molar-refractivity contribution in [3.8, 4) is 5.75 Å². The third-order valence-electron chi connectivity index (χ3n) is 4.91. The number of ether oxygens (including phenoxy) is 1. The lowest BCUT2D eigenvalue weighted by Gasteiger charge is -2.16. The van der Waals surface area contributed by atoms with Crippen molar-refractivity contribution < 1.29 is 9.13 Å². The van der Waals surface area contributed by atoms with Gasteiger partial charge in [-0.2, -0.15) is 0 Å². The second kappa shape index (κ2) is 4.22. The van der Waals surface area contributed by atoms with Gasteiger partial charge in [0.25, 0.3) is 0 Å². The zero-order valence-electron chi connectivity index (χ0n) is 11.6. The lowest BCUT2D eigenvalue weighted by Crippen LogP contribution is -2.02. The Morgan fingerprint density at radius 2 is 1.78 bits per heavy atom. The number of alkyl halides is 1. The van der Waals surface area contributed by atoms with E-state index in [1.807, 2.05) is 0 Å². The molecule has 0 aromatic heterocycles. The number of rotatable bonds is 3. The number of hydrogen-bond acceptors (Lipinski definition) is 1. The molecule has 3 heteroatoms. The minimum atomic E-state index is -0.216. The Labute approximate surface area is 117 Å². The second-order valence-corrected chi connectivity index (χ2v) is 7.20. The number of hydrogen-bond donors (Lipinski definition) is 0. The highest BCUT2D eigenvalue weighted by Crippen LogP contribution is 2.74. The van der Waals surface area contributed by atoms with Gasteiger partial charge in [-0.15, -0.1) is 0 Å². The van der Waals surface area contributed by atoms with Crippen LogP contribution in [0.25, 0.3) is 0 Å². The van der Waals surface area contributed by atoms with E-state index >= 15 is 0 Å². The maximum absolute atomic E-state index is 13.4.